The van der Waals surface area contributed by atoms with E-state index in [0.29, 0.717) is 12.5 Å². The van der Waals surface area contributed by atoms with Crippen molar-refractivity contribution in [3.05, 3.63) is 0 Å². The SMILES string of the molecule is CC(C)NS(=O)(=O)NCC1CCNC1.Cl. The van der Waals surface area contributed by atoms with Crippen LogP contribution >= 0.6 is 12.4 Å². The van der Waals surface area contributed by atoms with Crippen molar-refractivity contribution in [1.82, 2.24) is 14.8 Å². The van der Waals surface area contributed by atoms with E-state index in [0.717, 1.165) is 19.5 Å². The van der Waals surface area contributed by atoms with Crippen LogP contribution in [0.15, 0.2) is 0 Å². The summed E-state index contributed by atoms with van der Waals surface area (Å²) in [4.78, 5) is 0. The molecule has 1 heterocycles. The minimum Gasteiger partial charge on any atom is -0.316 e. The minimum absolute atomic E-state index is 0. The predicted octanol–water partition coefficient (Wildman–Crippen LogP) is -0.150. The number of hydrogen-bond donors (Lipinski definition) is 3. The molecular weight excluding hydrogens is 238 g/mol. The van der Waals surface area contributed by atoms with Gasteiger partial charge in [-0.15, -0.1) is 12.4 Å². The summed E-state index contributed by atoms with van der Waals surface area (Å²) < 4.78 is 27.7. The van der Waals surface area contributed by atoms with E-state index in [2.05, 4.69) is 14.8 Å². The van der Waals surface area contributed by atoms with E-state index in [-0.39, 0.29) is 18.4 Å². The average Bonchev–Trinajstić information content (AvgIpc) is 2.50. The third-order valence-corrected chi connectivity index (χ3v) is 3.44. The van der Waals surface area contributed by atoms with Crippen LogP contribution in [0.25, 0.3) is 0 Å². The summed E-state index contributed by atoms with van der Waals surface area (Å²) in [6.07, 6.45) is 1.05. The molecule has 1 saturated heterocycles. The Balaban J connectivity index is 0.00000196. The lowest BCUT2D eigenvalue weighted by atomic mass is 10.1. The zero-order valence-electron chi connectivity index (χ0n) is 9.12. The summed E-state index contributed by atoms with van der Waals surface area (Å²) in [6.45, 7) is 6.02. The molecule has 0 bridgehead atoms. The van der Waals surface area contributed by atoms with Crippen molar-refractivity contribution in [3.63, 3.8) is 0 Å². The van der Waals surface area contributed by atoms with Gasteiger partial charge in [-0.3, -0.25) is 0 Å². The zero-order valence-corrected chi connectivity index (χ0v) is 10.7. The second kappa shape index (κ2) is 6.65. The Hall–Kier alpha value is 0.120. The lowest BCUT2D eigenvalue weighted by Crippen LogP contribution is -2.42. The Morgan fingerprint density at radius 2 is 2.13 bits per heavy atom. The molecule has 1 aliphatic rings. The van der Waals surface area contributed by atoms with E-state index >= 15 is 0 Å². The Morgan fingerprint density at radius 1 is 1.47 bits per heavy atom. The van der Waals surface area contributed by atoms with Crippen molar-refractivity contribution in [3.8, 4) is 0 Å². The molecule has 1 fully saturated rings. The number of hydrogen-bond acceptors (Lipinski definition) is 3. The highest BCUT2D eigenvalue weighted by Gasteiger charge is 2.17. The van der Waals surface area contributed by atoms with Gasteiger partial charge in [-0.2, -0.15) is 13.1 Å². The minimum atomic E-state index is -3.30. The molecule has 5 nitrogen and oxygen atoms in total. The molecule has 0 saturated carbocycles. The maximum Gasteiger partial charge on any atom is 0.277 e. The molecule has 3 N–H and O–H groups in total. The Bertz CT molecular complexity index is 263. The van der Waals surface area contributed by atoms with Gasteiger partial charge in [-0.25, -0.2) is 4.72 Å². The van der Waals surface area contributed by atoms with Gasteiger partial charge in [0.2, 0.25) is 0 Å². The summed E-state index contributed by atoms with van der Waals surface area (Å²) in [5, 5.41) is 3.19. The molecule has 0 spiro atoms. The first-order valence-electron chi connectivity index (χ1n) is 4.97. The van der Waals surface area contributed by atoms with Gasteiger partial charge in [0.1, 0.15) is 0 Å². The van der Waals surface area contributed by atoms with Crippen LogP contribution < -0.4 is 14.8 Å². The molecule has 0 radical (unpaired) electrons. The smallest absolute Gasteiger partial charge is 0.277 e. The normalized spacial score (nSPS) is 21.7. The van der Waals surface area contributed by atoms with Gasteiger partial charge in [0.15, 0.2) is 0 Å². The van der Waals surface area contributed by atoms with Crippen LogP contribution in [0.3, 0.4) is 0 Å². The molecule has 1 rings (SSSR count). The van der Waals surface area contributed by atoms with E-state index in [4.69, 9.17) is 0 Å². The van der Waals surface area contributed by atoms with Crippen LogP contribution in [0, 0.1) is 5.92 Å². The van der Waals surface area contributed by atoms with Crippen LogP contribution in [0.5, 0.6) is 0 Å². The number of nitrogens with one attached hydrogen (secondary N) is 3. The van der Waals surface area contributed by atoms with Gasteiger partial charge < -0.3 is 5.32 Å². The molecule has 1 aliphatic heterocycles. The van der Waals surface area contributed by atoms with Gasteiger partial charge in [-0.05, 0) is 39.3 Å². The molecular formula is C8H20ClN3O2S. The lowest BCUT2D eigenvalue weighted by Gasteiger charge is -2.13. The second-order valence-electron chi connectivity index (χ2n) is 3.98. The van der Waals surface area contributed by atoms with E-state index in [1.165, 1.54) is 0 Å². The predicted molar refractivity (Wildman–Crippen MR) is 63.4 cm³/mol. The summed E-state index contributed by atoms with van der Waals surface area (Å²) in [5.74, 6) is 0.429. The van der Waals surface area contributed by atoms with Gasteiger partial charge in [0.05, 0.1) is 0 Å². The number of halogens is 1. The molecule has 15 heavy (non-hydrogen) atoms. The quantitative estimate of drug-likeness (QED) is 0.642. The summed E-state index contributed by atoms with van der Waals surface area (Å²) in [6, 6.07) is -0.0609. The zero-order chi connectivity index (χ0) is 10.6. The van der Waals surface area contributed by atoms with E-state index in [1.54, 1.807) is 13.8 Å². The second-order valence-corrected chi connectivity index (χ2v) is 5.51. The van der Waals surface area contributed by atoms with E-state index < -0.39 is 10.2 Å². The molecule has 1 atom stereocenters. The third kappa shape index (κ3) is 6.32. The first kappa shape index (κ1) is 15.1. The lowest BCUT2D eigenvalue weighted by molar-refractivity contribution is 0.523. The van der Waals surface area contributed by atoms with Crippen molar-refractivity contribution in [2.24, 2.45) is 5.92 Å². The Labute approximate surface area is 98.0 Å². The molecule has 92 valence electrons. The fourth-order valence-electron chi connectivity index (χ4n) is 1.47. The highest BCUT2D eigenvalue weighted by Crippen LogP contribution is 2.05. The van der Waals surface area contributed by atoms with Crippen molar-refractivity contribution in [2.75, 3.05) is 19.6 Å². The van der Waals surface area contributed by atoms with Crippen LogP contribution in [-0.4, -0.2) is 34.1 Å². The van der Waals surface area contributed by atoms with Gasteiger partial charge in [0, 0.05) is 12.6 Å². The molecule has 1 unspecified atom stereocenters. The first-order chi connectivity index (χ1) is 6.49. The third-order valence-electron chi connectivity index (χ3n) is 2.12. The van der Waals surface area contributed by atoms with Crippen LogP contribution in [0.2, 0.25) is 0 Å². The van der Waals surface area contributed by atoms with Crippen molar-refractivity contribution in [1.29, 1.82) is 0 Å². The first-order valence-corrected chi connectivity index (χ1v) is 6.45. The highest BCUT2D eigenvalue weighted by molar-refractivity contribution is 7.87. The maximum atomic E-state index is 11.4. The number of rotatable bonds is 5. The molecule has 0 aliphatic carbocycles. The van der Waals surface area contributed by atoms with Crippen molar-refractivity contribution >= 4 is 22.6 Å². The summed E-state index contributed by atoms with van der Waals surface area (Å²) in [5.41, 5.74) is 0. The van der Waals surface area contributed by atoms with Crippen LogP contribution in [-0.2, 0) is 10.2 Å². The molecule has 0 aromatic carbocycles. The van der Waals surface area contributed by atoms with E-state index in [9.17, 15) is 8.42 Å². The van der Waals surface area contributed by atoms with Crippen molar-refractivity contribution < 1.29 is 8.42 Å². The standard InChI is InChI=1S/C8H19N3O2S.ClH/c1-7(2)11-14(12,13)10-6-8-3-4-9-5-8;/h7-11H,3-6H2,1-2H3;1H. The summed E-state index contributed by atoms with van der Waals surface area (Å²) in [7, 11) is -3.30. The molecule has 0 aromatic rings. The largest absolute Gasteiger partial charge is 0.316 e. The van der Waals surface area contributed by atoms with Gasteiger partial charge in [0.25, 0.3) is 10.2 Å². The van der Waals surface area contributed by atoms with Gasteiger partial charge >= 0.3 is 0 Å². The van der Waals surface area contributed by atoms with Crippen LogP contribution in [0.1, 0.15) is 20.3 Å². The maximum absolute atomic E-state index is 11.4. The van der Waals surface area contributed by atoms with Crippen LogP contribution in [0.4, 0.5) is 0 Å². The molecule has 0 aromatic heterocycles. The average molecular weight is 258 g/mol. The molecule has 0 amide bonds. The summed E-state index contributed by atoms with van der Waals surface area (Å²) >= 11 is 0. The topological polar surface area (TPSA) is 70.2 Å². The Morgan fingerprint density at radius 3 is 2.60 bits per heavy atom. The monoisotopic (exact) mass is 257 g/mol. The Kier molecular flexibility index (Phi) is 6.70. The fourth-order valence-corrected chi connectivity index (χ4v) is 2.63. The van der Waals surface area contributed by atoms with E-state index in [1.807, 2.05) is 0 Å². The van der Waals surface area contributed by atoms with Crippen molar-refractivity contribution in [2.45, 2.75) is 26.3 Å². The van der Waals surface area contributed by atoms with Gasteiger partial charge in [-0.1, -0.05) is 0 Å². The molecule has 7 heteroatoms. The fraction of sp³-hybridized carbons (Fsp3) is 1.00. The highest BCUT2D eigenvalue weighted by atomic mass is 35.5.